The normalized spacial score (nSPS) is 10.3. The number of anilines is 1. The number of hydrogen-bond donors (Lipinski definition) is 2. The monoisotopic (exact) mass is 336 g/mol. The average Bonchev–Trinajstić information content (AvgIpc) is 2.43. The van der Waals surface area contributed by atoms with Crippen LogP contribution >= 0.6 is 15.9 Å². The zero-order valence-electron chi connectivity index (χ0n) is 10.7. The molecule has 0 aliphatic heterocycles. The minimum atomic E-state index is -0.479. The molecule has 2 rings (SSSR count). The molecular formula is C15H14BrFN2O. The third kappa shape index (κ3) is 3.65. The van der Waals surface area contributed by atoms with Gasteiger partial charge < -0.3 is 11.1 Å². The Balaban J connectivity index is 2.11. The number of nitrogens with one attached hydrogen (secondary N) is 1. The van der Waals surface area contributed by atoms with Gasteiger partial charge in [-0.2, -0.15) is 0 Å². The van der Waals surface area contributed by atoms with Crippen molar-refractivity contribution in [1.82, 2.24) is 0 Å². The summed E-state index contributed by atoms with van der Waals surface area (Å²) in [5.74, 6) is -0.821. The zero-order chi connectivity index (χ0) is 14.5. The molecule has 0 radical (unpaired) electrons. The third-order valence-electron chi connectivity index (χ3n) is 2.83. The minimum absolute atomic E-state index is 0.157. The second kappa shape index (κ2) is 6.63. The van der Waals surface area contributed by atoms with E-state index in [4.69, 9.17) is 5.73 Å². The first-order valence-corrected chi connectivity index (χ1v) is 6.95. The fraction of sp³-hybridized carbons (Fsp3) is 0.133. The molecule has 5 heteroatoms. The summed E-state index contributed by atoms with van der Waals surface area (Å²) >= 11 is 3.17. The van der Waals surface area contributed by atoms with Gasteiger partial charge in [0.1, 0.15) is 5.82 Å². The standard InChI is InChI=1S/C15H14BrFN2O/c16-12-5-6-14(13(17)9-12)19-15(20)11-3-1-10(2-4-11)7-8-18/h1-6,9H,7-8,18H2,(H,19,20). The van der Waals surface area contributed by atoms with E-state index >= 15 is 0 Å². The number of halogens is 2. The Morgan fingerprint density at radius 2 is 1.90 bits per heavy atom. The molecule has 0 bridgehead atoms. The van der Waals surface area contributed by atoms with Crippen LogP contribution in [0.1, 0.15) is 15.9 Å². The van der Waals surface area contributed by atoms with E-state index in [1.165, 1.54) is 12.1 Å². The van der Waals surface area contributed by atoms with Gasteiger partial charge >= 0.3 is 0 Å². The van der Waals surface area contributed by atoms with Crippen molar-refractivity contribution in [2.24, 2.45) is 5.73 Å². The van der Waals surface area contributed by atoms with Crippen LogP contribution in [0.25, 0.3) is 0 Å². The van der Waals surface area contributed by atoms with Crippen molar-refractivity contribution in [3.8, 4) is 0 Å². The number of carbonyl (C=O) groups is 1. The highest BCUT2D eigenvalue weighted by atomic mass is 79.9. The van der Waals surface area contributed by atoms with Crippen LogP contribution in [0.3, 0.4) is 0 Å². The summed E-state index contributed by atoms with van der Waals surface area (Å²) < 4.78 is 14.3. The van der Waals surface area contributed by atoms with E-state index in [2.05, 4.69) is 21.2 Å². The molecule has 0 fully saturated rings. The predicted octanol–water partition coefficient (Wildman–Crippen LogP) is 3.34. The number of nitrogens with two attached hydrogens (primary N) is 1. The van der Waals surface area contributed by atoms with Gasteiger partial charge in [-0.25, -0.2) is 4.39 Å². The van der Waals surface area contributed by atoms with E-state index in [0.29, 0.717) is 16.6 Å². The highest BCUT2D eigenvalue weighted by Crippen LogP contribution is 2.20. The molecule has 1 amide bonds. The van der Waals surface area contributed by atoms with E-state index < -0.39 is 5.82 Å². The lowest BCUT2D eigenvalue weighted by Gasteiger charge is -2.07. The predicted molar refractivity (Wildman–Crippen MR) is 81.3 cm³/mol. The summed E-state index contributed by atoms with van der Waals surface area (Å²) in [5, 5.41) is 2.55. The molecule has 104 valence electrons. The van der Waals surface area contributed by atoms with Crippen LogP contribution < -0.4 is 11.1 Å². The maximum absolute atomic E-state index is 13.6. The molecule has 20 heavy (non-hydrogen) atoms. The lowest BCUT2D eigenvalue weighted by Crippen LogP contribution is -2.13. The quantitative estimate of drug-likeness (QED) is 0.899. The molecule has 2 aromatic carbocycles. The molecule has 0 aliphatic carbocycles. The van der Waals surface area contributed by atoms with Crippen molar-refractivity contribution in [3.63, 3.8) is 0 Å². The first kappa shape index (κ1) is 14.7. The molecule has 0 aromatic heterocycles. The molecule has 3 N–H and O–H groups in total. The second-order valence-corrected chi connectivity index (χ2v) is 5.23. The molecule has 0 saturated heterocycles. The maximum atomic E-state index is 13.6. The SMILES string of the molecule is NCCc1ccc(C(=O)Nc2ccc(Br)cc2F)cc1. The van der Waals surface area contributed by atoms with Crippen molar-refractivity contribution in [2.75, 3.05) is 11.9 Å². The fourth-order valence-electron chi connectivity index (χ4n) is 1.77. The Morgan fingerprint density at radius 1 is 1.20 bits per heavy atom. The van der Waals surface area contributed by atoms with Crippen molar-refractivity contribution >= 4 is 27.5 Å². The lowest BCUT2D eigenvalue weighted by atomic mass is 10.1. The summed E-state index contributed by atoms with van der Waals surface area (Å²) in [6.45, 7) is 0.565. The summed E-state index contributed by atoms with van der Waals surface area (Å²) in [7, 11) is 0. The van der Waals surface area contributed by atoms with Crippen LogP contribution in [0.5, 0.6) is 0 Å². The second-order valence-electron chi connectivity index (χ2n) is 4.31. The van der Waals surface area contributed by atoms with E-state index in [1.54, 1.807) is 18.2 Å². The Kier molecular flexibility index (Phi) is 4.87. The summed E-state index contributed by atoms with van der Waals surface area (Å²) in [6, 6.07) is 11.6. The van der Waals surface area contributed by atoms with Gasteiger partial charge in [0.25, 0.3) is 5.91 Å². The van der Waals surface area contributed by atoms with Crippen LogP contribution in [-0.2, 0) is 6.42 Å². The number of rotatable bonds is 4. The zero-order valence-corrected chi connectivity index (χ0v) is 12.3. The van der Waals surface area contributed by atoms with Crippen LogP contribution in [0.4, 0.5) is 10.1 Å². The van der Waals surface area contributed by atoms with Gasteiger partial charge in [-0.05, 0) is 48.9 Å². The maximum Gasteiger partial charge on any atom is 0.255 e. The lowest BCUT2D eigenvalue weighted by molar-refractivity contribution is 0.102. The molecule has 3 nitrogen and oxygen atoms in total. The third-order valence-corrected chi connectivity index (χ3v) is 3.32. The smallest absolute Gasteiger partial charge is 0.255 e. The van der Waals surface area contributed by atoms with Gasteiger partial charge in [0, 0.05) is 10.0 Å². The number of benzene rings is 2. The van der Waals surface area contributed by atoms with Gasteiger partial charge in [-0.3, -0.25) is 4.79 Å². The highest BCUT2D eigenvalue weighted by Gasteiger charge is 2.09. The first-order valence-electron chi connectivity index (χ1n) is 6.15. The van der Waals surface area contributed by atoms with Crippen molar-refractivity contribution in [1.29, 1.82) is 0 Å². The van der Waals surface area contributed by atoms with Gasteiger partial charge in [0.2, 0.25) is 0 Å². The van der Waals surface area contributed by atoms with Gasteiger partial charge in [-0.1, -0.05) is 28.1 Å². The largest absolute Gasteiger partial charge is 0.330 e. The van der Waals surface area contributed by atoms with Crippen LogP contribution in [0, 0.1) is 5.82 Å². The van der Waals surface area contributed by atoms with Gasteiger partial charge in [0.15, 0.2) is 0 Å². The molecule has 2 aromatic rings. The highest BCUT2D eigenvalue weighted by molar-refractivity contribution is 9.10. The summed E-state index contributed by atoms with van der Waals surface area (Å²) in [4.78, 5) is 12.0. The van der Waals surface area contributed by atoms with Crippen molar-refractivity contribution < 1.29 is 9.18 Å². The molecule has 0 aliphatic rings. The Morgan fingerprint density at radius 3 is 2.50 bits per heavy atom. The summed E-state index contributed by atoms with van der Waals surface area (Å²) in [5.41, 5.74) is 7.17. The molecular weight excluding hydrogens is 323 g/mol. The number of carbonyl (C=O) groups excluding carboxylic acids is 1. The van der Waals surface area contributed by atoms with E-state index in [0.717, 1.165) is 12.0 Å². The molecule has 0 spiro atoms. The Bertz CT molecular complexity index is 614. The van der Waals surface area contributed by atoms with Gasteiger partial charge in [0.05, 0.1) is 5.69 Å². The van der Waals surface area contributed by atoms with Crippen LogP contribution in [0.2, 0.25) is 0 Å². The van der Waals surface area contributed by atoms with E-state index in [-0.39, 0.29) is 11.6 Å². The number of hydrogen-bond acceptors (Lipinski definition) is 2. The minimum Gasteiger partial charge on any atom is -0.330 e. The number of amides is 1. The van der Waals surface area contributed by atoms with E-state index in [9.17, 15) is 9.18 Å². The van der Waals surface area contributed by atoms with Crippen LogP contribution in [-0.4, -0.2) is 12.5 Å². The topological polar surface area (TPSA) is 55.1 Å². The molecule has 0 atom stereocenters. The van der Waals surface area contributed by atoms with Crippen molar-refractivity contribution in [2.45, 2.75) is 6.42 Å². The molecule has 0 heterocycles. The van der Waals surface area contributed by atoms with Crippen molar-refractivity contribution in [3.05, 3.63) is 63.9 Å². The fourth-order valence-corrected chi connectivity index (χ4v) is 2.11. The summed E-state index contributed by atoms with van der Waals surface area (Å²) in [6.07, 6.45) is 0.767. The average molecular weight is 337 g/mol. The Labute approximate surface area is 125 Å². The van der Waals surface area contributed by atoms with E-state index in [1.807, 2.05) is 12.1 Å². The molecule has 0 saturated carbocycles. The van der Waals surface area contributed by atoms with Crippen LogP contribution in [0.15, 0.2) is 46.9 Å². The first-order chi connectivity index (χ1) is 9.60. The van der Waals surface area contributed by atoms with Gasteiger partial charge in [-0.15, -0.1) is 0 Å². The Hall–Kier alpha value is -1.72. The molecule has 0 unspecified atom stereocenters.